The van der Waals surface area contributed by atoms with Crippen molar-refractivity contribution in [3.05, 3.63) is 29.8 Å². The van der Waals surface area contributed by atoms with Crippen molar-refractivity contribution in [1.29, 1.82) is 0 Å². The Morgan fingerprint density at radius 3 is 2.79 bits per heavy atom. The van der Waals surface area contributed by atoms with Crippen LogP contribution >= 0.6 is 0 Å². The van der Waals surface area contributed by atoms with E-state index < -0.39 is 0 Å². The molecule has 1 atom stereocenters. The average molecular weight is 195 g/mol. The van der Waals surface area contributed by atoms with Gasteiger partial charge in [-0.3, -0.25) is 0 Å². The van der Waals surface area contributed by atoms with Gasteiger partial charge in [0.15, 0.2) is 0 Å². The lowest BCUT2D eigenvalue weighted by molar-refractivity contribution is 0.199. The fraction of sp³-hybridized carbons (Fsp3) is 0.455. The van der Waals surface area contributed by atoms with Gasteiger partial charge in [0.2, 0.25) is 0 Å². The normalized spacial score (nSPS) is 12.5. The van der Waals surface area contributed by atoms with Crippen LogP contribution in [0.3, 0.4) is 0 Å². The number of ether oxygens (including phenoxy) is 1. The third-order valence-corrected chi connectivity index (χ3v) is 2.11. The maximum Gasteiger partial charge on any atom is 0.124 e. The van der Waals surface area contributed by atoms with Gasteiger partial charge in [0.1, 0.15) is 12.4 Å². The predicted octanol–water partition coefficient (Wildman–Crippen LogP) is 1.47. The van der Waals surface area contributed by atoms with E-state index in [1.807, 2.05) is 31.2 Å². The van der Waals surface area contributed by atoms with E-state index in [-0.39, 0.29) is 12.6 Å². The Bertz CT molecular complexity index is 276. The second kappa shape index (κ2) is 5.62. The van der Waals surface area contributed by atoms with E-state index in [9.17, 15) is 0 Å². The van der Waals surface area contributed by atoms with Crippen LogP contribution in [-0.4, -0.2) is 18.3 Å². The summed E-state index contributed by atoms with van der Waals surface area (Å²) < 4.78 is 5.38. The minimum Gasteiger partial charge on any atom is -0.491 e. The number of rotatable bonds is 5. The van der Waals surface area contributed by atoms with Crippen LogP contribution in [-0.2, 0) is 0 Å². The maximum atomic E-state index is 8.66. The van der Waals surface area contributed by atoms with Gasteiger partial charge >= 0.3 is 0 Å². The van der Waals surface area contributed by atoms with Crippen molar-refractivity contribution in [3.63, 3.8) is 0 Å². The molecule has 0 aliphatic heterocycles. The Balaban J connectivity index is 2.79. The molecule has 3 nitrogen and oxygen atoms in total. The van der Waals surface area contributed by atoms with Crippen molar-refractivity contribution < 1.29 is 9.84 Å². The molecule has 0 bridgehead atoms. The molecule has 3 N–H and O–H groups in total. The molecular formula is C11H17NO2. The third kappa shape index (κ3) is 2.72. The minimum atomic E-state index is 0.00453. The quantitative estimate of drug-likeness (QED) is 0.748. The van der Waals surface area contributed by atoms with Crippen LogP contribution in [0.1, 0.15) is 24.9 Å². The standard InChI is InChI=1S/C11H17NO2/c1-2-10(12)9-5-3-4-6-11(9)14-8-7-13/h3-6,10,13H,2,7-8,12H2,1H3/t10-/m0/s1. The van der Waals surface area contributed by atoms with E-state index in [1.54, 1.807) is 0 Å². The van der Waals surface area contributed by atoms with E-state index in [0.29, 0.717) is 6.61 Å². The fourth-order valence-electron chi connectivity index (χ4n) is 1.29. The van der Waals surface area contributed by atoms with Crippen LogP contribution in [0, 0.1) is 0 Å². The Morgan fingerprint density at radius 1 is 1.43 bits per heavy atom. The summed E-state index contributed by atoms with van der Waals surface area (Å²) in [4.78, 5) is 0. The topological polar surface area (TPSA) is 55.5 Å². The molecule has 0 heterocycles. The van der Waals surface area contributed by atoms with Crippen molar-refractivity contribution in [2.75, 3.05) is 13.2 Å². The summed E-state index contributed by atoms with van der Waals surface area (Å²) in [6.07, 6.45) is 0.875. The summed E-state index contributed by atoms with van der Waals surface area (Å²) in [6.45, 7) is 2.37. The van der Waals surface area contributed by atoms with Crippen LogP contribution in [0.15, 0.2) is 24.3 Å². The third-order valence-electron chi connectivity index (χ3n) is 2.11. The molecule has 0 amide bonds. The van der Waals surface area contributed by atoms with Crippen LogP contribution in [0.5, 0.6) is 5.75 Å². The largest absolute Gasteiger partial charge is 0.491 e. The van der Waals surface area contributed by atoms with E-state index in [1.165, 1.54) is 0 Å². The number of benzene rings is 1. The smallest absolute Gasteiger partial charge is 0.124 e. The molecular weight excluding hydrogens is 178 g/mol. The number of hydrogen-bond donors (Lipinski definition) is 2. The first kappa shape index (κ1) is 11.0. The van der Waals surface area contributed by atoms with Crippen molar-refractivity contribution in [2.24, 2.45) is 5.73 Å². The van der Waals surface area contributed by atoms with Crippen molar-refractivity contribution in [1.82, 2.24) is 0 Å². The van der Waals surface area contributed by atoms with Crippen molar-refractivity contribution >= 4 is 0 Å². The number of nitrogens with two attached hydrogens (primary N) is 1. The summed E-state index contributed by atoms with van der Waals surface area (Å²) in [6, 6.07) is 7.68. The van der Waals surface area contributed by atoms with Crippen LogP contribution in [0.25, 0.3) is 0 Å². The zero-order valence-electron chi connectivity index (χ0n) is 8.44. The molecule has 0 saturated carbocycles. The van der Waals surface area contributed by atoms with E-state index >= 15 is 0 Å². The Kier molecular flexibility index (Phi) is 4.43. The zero-order chi connectivity index (χ0) is 10.4. The van der Waals surface area contributed by atoms with Crippen molar-refractivity contribution in [2.45, 2.75) is 19.4 Å². The fourth-order valence-corrected chi connectivity index (χ4v) is 1.29. The number of hydrogen-bond acceptors (Lipinski definition) is 3. The van der Waals surface area contributed by atoms with Gasteiger partial charge in [0, 0.05) is 11.6 Å². The molecule has 0 saturated heterocycles. The summed E-state index contributed by atoms with van der Waals surface area (Å²) in [5, 5.41) is 8.66. The molecule has 0 aliphatic rings. The molecule has 0 radical (unpaired) electrons. The van der Waals surface area contributed by atoms with E-state index in [2.05, 4.69) is 0 Å². The first-order valence-electron chi connectivity index (χ1n) is 4.87. The van der Waals surface area contributed by atoms with Gasteiger partial charge in [-0.25, -0.2) is 0 Å². The van der Waals surface area contributed by atoms with Crippen LogP contribution in [0.4, 0.5) is 0 Å². The van der Waals surface area contributed by atoms with Gasteiger partial charge in [0.05, 0.1) is 6.61 Å². The van der Waals surface area contributed by atoms with Gasteiger partial charge in [0.25, 0.3) is 0 Å². The van der Waals surface area contributed by atoms with Crippen molar-refractivity contribution in [3.8, 4) is 5.75 Å². The molecule has 0 aliphatic carbocycles. The molecule has 14 heavy (non-hydrogen) atoms. The summed E-state index contributed by atoms with van der Waals surface area (Å²) in [5.41, 5.74) is 6.93. The number of para-hydroxylation sites is 1. The second-order valence-corrected chi connectivity index (χ2v) is 3.12. The molecule has 0 spiro atoms. The first-order chi connectivity index (χ1) is 6.79. The van der Waals surface area contributed by atoms with Gasteiger partial charge < -0.3 is 15.6 Å². The molecule has 1 rings (SSSR count). The zero-order valence-corrected chi connectivity index (χ0v) is 8.44. The second-order valence-electron chi connectivity index (χ2n) is 3.12. The summed E-state index contributed by atoms with van der Waals surface area (Å²) >= 11 is 0. The van der Waals surface area contributed by atoms with E-state index in [4.69, 9.17) is 15.6 Å². The average Bonchev–Trinajstić information content (AvgIpc) is 2.25. The van der Waals surface area contributed by atoms with E-state index in [0.717, 1.165) is 17.7 Å². The Labute approximate surface area is 84.5 Å². The monoisotopic (exact) mass is 195 g/mol. The molecule has 3 heteroatoms. The molecule has 0 fully saturated rings. The van der Waals surface area contributed by atoms with Crippen LogP contribution < -0.4 is 10.5 Å². The first-order valence-corrected chi connectivity index (χ1v) is 4.87. The molecule has 78 valence electrons. The van der Waals surface area contributed by atoms with Crippen LogP contribution in [0.2, 0.25) is 0 Å². The highest BCUT2D eigenvalue weighted by molar-refractivity contribution is 5.35. The van der Waals surface area contributed by atoms with Gasteiger partial charge in [-0.15, -0.1) is 0 Å². The number of aliphatic hydroxyl groups is 1. The maximum absolute atomic E-state index is 8.66. The minimum absolute atomic E-state index is 0.00453. The molecule has 1 aromatic carbocycles. The Hall–Kier alpha value is -1.06. The highest BCUT2D eigenvalue weighted by Gasteiger charge is 2.08. The lowest BCUT2D eigenvalue weighted by Gasteiger charge is -2.14. The lowest BCUT2D eigenvalue weighted by atomic mass is 10.0. The number of aliphatic hydroxyl groups excluding tert-OH is 1. The highest BCUT2D eigenvalue weighted by Crippen LogP contribution is 2.24. The summed E-state index contributed by atoms with van der Waals surface area (Å²) in [5.74, 6) is 0.774. The van der Waals surface area contributed by atoms with Gasteiger partial charge in [-0.2, -0.15) is 0 Å². The lowest BCUT2D eigenvalue weighted by Crippen LogP contribution is -2.12. The Morgan fingerprint density at radius 2 is 2.14 bits per heavy atom. The molecule has 0 unspecified atom stereocenters. The highest BCUT2D eigenvalue weighted by atomic mass is 16.5. The molecule has 0 aromatic heterocycles. The predicted molar refractivity (Wildman–Crippen MR) is 56.2 cm³/mol. The SMILES string of the molecule is CC[C@H](N)c1ccccc1OCCO. The van der Waals surface area contributed by atoms with Gasteiger partial charge in [-0.05, 0) is 12.5 Å². The molecule has 1 aromatic rings. The summed E-state index contributed by atoms with van der Waals surface area (Å²) in [7, 11) is 0. The van der Waals surface area contributed by atoms with Gasteiger partial charge in [-0.1, -0.05) is 25.1 Å².